The second kappa shape index (κ2) is 11.0. The van der Waals surface area contributed by atoms with Crippen LogP contribution in [0.15, 0.2) is 70.7 Å². The molecule has 2 aromatic carbocycles. The van der Waals surface area contributed by atoms with Gasteiger partial charge in [-0.2, -0.15) is 0 Å². The molecule has 1 heterocycles. The van der Waals surface area contributed by atoms with Crippen LogP contribution in [0.1, 0.15) is 46.5 Å². The maximum atomic E-state index is 13.0. The highest BCUT2D eigenvalue weighted by Crippen LogP contribution is 2.30. The summed E-state index contributed by atoms with van der Waals surface area (Å²) in [6, 6.07) is 16.7. The third-order valence-electron chi connectivity index (χ3n) is 5.03. The molecule has 0 atom stereocenters. The second-order valence-electron chi connectivity index (χ2n) is 8.19. The molecule has 0 fully saturated rings. The highest BCUT2D eigenvalue weighted by atomic mass is 32.2. The first kappa shape index (κ1) is 25.0. The van der Waals surface area contributed by atoms with Gasteiger partial charge in [0.25, 0.3) is 5.91 Å². The van der Waals surface area contributed by atoms with Crippen LogP contribution in [-0.4, -0.2) is 25.4 Å². The van der Waals surface area contributed by atoms with Gasteiger partial charge in [0.2, 0.25) is 10.0 Å². The van der Waals surface area contributed by atoms with Crippen molar-refractivity contribution in [2.75, 3.05) is 0 Å². The zero-order chi connectivity index (χ0) is 24.0. The monoisotopic (exact) mass is 483 g/mol. The molecule has 3 rings (SSSR count). The molecule has 0 aliphatic rings. The van der Waals surface area contributed by atoms with E-state index in [-0.39, 0.29) is 24.2 Å². The Labute approximate surface area is 200 Å². The van der Waals surface area contributed by atoms with Crippen LogP contribution < -0.4 is 10.0 Å². The molecule has 0 spiro atoms. The Kier molecular flexibility index (Phi) is 8.29. The van der Waals surface area contributed by atoms with E-state index in [2.05, 4.69) is 41.0 Å². The fourth-order valence-corrected chi connectivity index (χ4v) is 5.75. The smallest absolute Gasteiger partial charge is 0.254 e. The number of nitrogens with zero attached hydrogens (tertiary/aromatic N) is 1. The molecule has 33 heavy (non-hydrogen) atoms. The number of amides is 1. The number of sulfonamides is 1. The van der Waals surface area contributed by atoms with E-state index in [9.17, 15) is 13.2 Å². The number of rotatable bonds is 9. The summed E-state index contributed by atoms with van der Waals surface area (Å²) in [5.74, 6) is -0.398. The number of carbonyl (C=O) groups excluding carboxylic acids is 1. The van der Waals surface area contributed by atoms with E-state index in [1.54, 1.807) is 44.3 Å². The topological polar surface area (TPSA) is 88.2 Å². The van der Waals surface area contributed by atoms with Crippen molar-refractivity contribution in [1.82, 2.24) is 15.0 Å². The van der Waals surface area contributed by atoms with Gasteiger partial charge in [0.05, 0.1) is 11.3 Å². The van der Waals surface area contributed by atoms with E-state index in [4.69, 9.17) is 0 Å². The van der Waals surface area contributed by atoms with E-state index in [0.29, 0.717) is 16.2 Å². The van der Waals surface area contributed by atoms with Gasteiger partial charge in [-0.25, -0.2) is 18.1 Å². The molecule has 0 saturated carbocycles. The van der Waals surface area contributed by atoms with Gasteiger partial charge in [-0.15, -0.1) is 0 Å². The molecule has 0 aliphatic heterocycles. The van der Waals surface area contributed by atoms with E-state index in [1.807, 2.05) is 18.2 Å². The minimum absolute atomic E-state index is 0.141. The van der Waals surface area contributed by atoms with Crippen LogP contribution in [0, 0.1) is 13.8 Å². The molecule has 0 saturated heterocycles. The summed E-state index contributed by atoms with van der Waals surface area (Å²) in [5, 5.41) is 3.54. The van der Waals surface area contributed by atoms with Crippen molar-refractivity contribution >= 4 is 27.7 Å². The Balaban J connectivity index is 1.74. The Morgan fingerprint density at radius 2 is 1.73 bits per heavy atom. The summed E-state index contributed by atoms with van der Waals surface area (Å²) in [4.78, 5) is 18.4. The molecular formula is C25H29N3O3S2. The summed E-state index contributed by atoms with van der Waals surface area (Å²) in [6.45, 7) is 7.90. The summed E-state index contributed by atoms with van der Waals surface area (Å²) >= 11 is 1.44. The number of benzene rings is 2. The summed E-state index contributed by atoms with van der Waals surface area (Å²) in [7, 11) is -3.47. The van der Waals surface area contributed by atoms with Crippen LogP contribution in [0.3, 0.4) is 0 Å². The van der Waals surface area contributed by atoms with Crippen molar-refractivity contribution in [3.8, 4) is 0 Å². The van der Waals surface area contributed by atoms with Crippen LogP contribution in [0.25, 0.3) is 0 Å². The van der Waals surface area contributed by atoms with Gasteiger partial charge < -0.3 is 5.32 Å². The highest BCUT2D eigenvalue weighted by molar-refractivity contribution is 7.99. The quantitative estimate of drug-likeness (QED) is 0.464. The minimum atomic E-state index is -3.47. The van der Waals surface area contributed by atoms with Crippen molar-refractivity contribution in [3.63, 3.8) is 0 Å². The molecule has 8 heteroatoms. The number of hydrogen-bond acceptors (Lipinski definition) is 5. The van der Waals surface area contributed by atoms with Crippen LogP contribution in [0.2, 0.25) is 0 Å². The number of aromatic nitrogens is 1. The van der Waals surface area contributed by atoms with Crippen molar-refractivity contribution < 1.29 is 13.2 Å². The lowest BCUT2D eigenvalue weighted by atomic mass is 10.1. The molecule has 0 unspecified atom stereocenters. The van der Waals surface area contributed by atoms with E-state index in [1.165, 1.54) is 22.9 Å². The van der Waals surface area contributed by atoms with Gasteiger partial charge in [-0.1, -0.05) is 42.1 Å². The zero-order valence-electron chi connectivity index (χ0n) is 19.3. The number of carbonyl (C=O) groups is 1. The highest BCUT2D eigenvalue weighted by Gasteiger charge is 2.17. The minimum Gasteiger partial charge on any atom is -0.348 e. The predicted octanol–water partition coefficient (Wildman–Crippen LogP) is 4.61. The van der Waals surface area contributed by atoms with Crippen LogP contribution in [-0.2, 0) is 22.3 Å². The molecular weight excluding hydrogens is 454 g/mol. The molecule has 1 aromatic heterocycles. The molecule has 1 amide bonds. The Hall–Kier alpha value is -2.68. The Morgan fingerprint density at radius 3 is 2.42 bits per heavy atom. The molecule has 6 nitrogen and oxygen atoms in total. The van der Waals surface area contributed by atoms with E-state index < -0.39 is 10.0 Å². The number of nitrogens with one attached hydrogen (secondary N) is 2. The summed E-state index contributed by atoms with van der Waals surface area (Å²) in [6.07, 6.45) is 1.67. The van der Waals surface area contributed by atoms with Gasteiger partial charge in [-0.3, -0.25) is 4.79 Å². The van der Waals surface area contributed by atoms with Crippen molar-refractivity contribution in [1.29, 1.82) is 0 Å². The maximum absolute atomic E-state index is 13.0. The maximum Gasteiger partial charge on any atom is 0.254 e. The predicted molar refractivity (Wildman–Crippen MR) is 133 cm³/mol. The average molecular weight is 484 g/mol. The molecule has 2 N–H and O–H groups in total. The Morgan fingerprint density at radius 1 is 1.00 bits per heavy atom. The van der Waals surface area contributed by atoms with Gasteiger partial charge in [-0.05, 0) is 74.2 Å². The SMILES string of the molecule is Cc1ccc(Sc2ncccc2C(=O)NCc2ccccc2CS(=O)(=O)NC(C)C)cc1C. The lowest BCUT2D eigenvalue weighted by Crippen LogP contribution is -2.32. The summed E-state index contributed by atoms with van der Waals surface area (Å²) in [5.41, 5.74) is 4.28. The third-order valence-corrected chi connectivity index (χ3v) is 7.56. The van der Waals surface area contributed by atoms with Crippen molar-refractivity contribution in [2.45, 2.75) is 56.0 Å². The van der Waals surface area contributed by atoms with Gasteiger partial charge in [0, 0.05) is 23.7 Å². The first-order valence-electron chi connectivity index (χ1n) is 10.7. The average Bonchev–Trinajstić information content (AvgIpc) is 2.74. The second-order valence-corrected chi connectivity index (χ2v) is 11.0. The van der Waals surface area contributed by atoms with Gasteiger partial charge in [0.15, 0.2) is 0 Å². The molecule has 0 aliphatic carbocycles. The van der Waals surface area contributed by atoms with Crippen molar-refractivity contribution in [2.24, 2.45) is 0 Å². The van der Waals surface area contributed by atoms with E-state index >= 15 is 0 Å². The van der Waals surface area contributed by atoms with E-state index in [0.717, 1.165) is 10.5 Å². The van der Waals surface area contributed by atoms with Gasteiger partial charge in [0.1, 0.15) is 5.03 Å². The molecule has 0 bridgehead atoms. The lowest BCUT2D eigenvalue weighted by molar-refractivity contribution is 0.0947. The van der Waals surface area contributed by atoms with Gasteiger partial charge >= 0.3 is 0 Å². The first-order chi connectivity index (χ1) is 15.6. The van der Waals surface area contributed by atoms with Crippen LogP contribution >= 0.6 is 11.8 Å². The number of hydrogen-bond donors (Lipinski definition) is 2. The standard InChI is InChI=1S/C25H29N3O3S2/c1-17(2)28-33(30,31)16-21-9-6-5-8-20(21)15-27-24(29)23-10-7-13-26-25(23)32-22-12-11-18(3)19(4)14-22/h5-14,17,28H,15-16H2,1-4H3,(H,27,29). The largest absolute Gasteiger partial charge is 0.348 e. The number of pyridine rings is 1. The van der Waals surface area contributed by atoms with Crippen molar-refractivity contribution in [3.05, 3.63) is 88.6 Å². The van der Waals surface area contributed by atoms with Crippen LogP contribution in [0.4, 0.5) is 0 Å². The Bertz CT molecular complexity index is 1240. The zero-order valence-corrected chi connectivity index (χ0v) is 20.9. The summed E-state index contributed by atoms with van der Waals surface area (Å²) < 4.78 is 27.3. The lowest BCUT2D eigenvalue weighted by Gasteiger charge is -2.14. The molecule has 0 radical (unpaired) electrons. The fraction of sp³-hybridized carbons (Fsp3) is 0.280. The van der Waals surface area contributed by atoms with Crippen LogP contribution in [0.5, 0.6) is 0 Å². The third kappa shape index (κ3) is 7.15. The normalized spacial score (nSPS) is 11.5. The number of aryl methyl sites for hydroxylation is 2. The molecule has 174 valence electrons. The molecule has 3 aromatic rings. The fourth-order valence-electron chi connectivity index (χ4n) is 3.28. The first-order valence-corrected chi connectivity index (χ1v) is 13.2.